The second-order valence-corrected chi connectivity index (χ2v) is 7.25. The highest BCUT2D eigenvalue weighted by molar-refractivity contribution is 6.30. The third-order valence-electron chi connectivity index (χ3n) is 5.44. The number of H-pyrrole nitrogens is 1. The molecule has 1 aromatic carbocycles. The molecule has 124 valence electrons. The van der Waals surface area contributed by atoms with E-state index < -0.39 is 0 Å². The maximum Gasteiger partial charge on any atom is 0.272 e. The third-order valence-corrected chi connectivity index (χ3v) is 5.69. The first kappa shape index (κ1) is 15.4. The van der Waals surface area contributed by atoms with Gasteiger partial charge in [0.25, 0.3) is 11.5 Å². The average molecular weight is 344 g/mol. The monoisotopic (exact) mass is 343 g/mol. The molecule has 4 rings (SSSR count). The summed E-state index contributed by atoms with van der Waals surface area (Å²) in [5.74, 6) is 0.166. The van der Waals surface area contributed by atoms with E-state index >= 15 is 0 Å². The van der Waals surface area contributed by atoms with Gasteiger partial charge >= 0.3 is 0 Å². The molecular formula is C18H18ClN3O2. The van der Waals surface area contributed by atoms with E-state index in [2.05, 4.69) is 22.1 Å². The summed E-state index contributed by atoms with van der Waals surface area (Å²) >= 11 is 6.01. The van der Waals surface area contributed by atoms with E-state index in [9.17, 15) is 9.59 Å². The van der Waals surface area contributed by atoms with Gasteiger partial charge in [0.15, 0.2) is 0 Å². The van der Waals surface area contributed by atoms with Crippen molar-refractivity contribution >= 4 is 17.5 Å². The Bertz CT molecular complexity index is 827. The summed E-state index contributed by atoms with van der Waals surface area (Å²) < 4.78 is 0. The zero-order valence-electron chi connectivity index (χ0n) is 13.2. The number of aromatic amines is 1. The molecule has 1 saturated carbocycles. The van der Waals surface area contributed by atoms with E-state index in [0.29, 0.717) is 12.5 Å². The molecule has 2 heterocycles. The van der Waals surface area contributed by atoms with Crippen LogP contribution in [0, 0.1) is 5.41 Å². The predicted molar refractivity (Wildman–Crippen MR) is 91.2 cm³/mol. The summed E-state index contributed by atoms with van der Waals surface area (Å²) in [6.07, 6.45) is 6.06. The lowest BCUT2D eigenvalue weighted by Gasteiger charge is -2.43. The molecule has 0 unspecified atom stereocenters. The molecule has 1 atom stereocenters. The van der Waals surface area contributed by atoms with Gasteiger partial charge < -0.3 is 9.88 Å². The summed E-state index contributed by atoms with van der Waals surface area (Å²) in [6.45, 7) is 1.40. The number of hydrogen-bond donors (Lipinski definition) is 1. The molecule has 2 fully saturated rings. The predicted octanol–water partition coefficient (Wildman–Crippen LogP) is 2.83. The maximum absolute atomic E-state index is 12.8. The van der Waals surface area contributed by atoms with Crippen LogP contribution in [-0.2, 0) is 0 Å². The van der Waals surface area contributed by atoms with Crippen molar-refractivity contribution in [1.29, 1.82) is 0 Å². The average Bonchev–Trinajstić information content (AvgIpc) is 2.96. The quantitative estimate of drug-likeness (QED) is 0.911. The Morgan fingerprint density at radius 2 is 2.00 bits per heavy atom. The standard InChI is InChI=1S/C18H18ClN3O2/c19-13-4-2-12(3-5-13)14-10-22(11-18(14)6-1-7-18)17(24)15-8-20-9-16(23)21-15/h2-5,8-9,14H,1,6-7,10-11H2,(H,21,23)/t14-/m0/s1. The zero-order chi connectivity index (χ0) is 16.7. The first-order chi connectivity index (χ1) is 11.6. The Balaban J connectivity index is 1.62. The number of aromatic nitrogens is 2. The van der Waals surface area contributed by atoms with Crippen molar-refractivity contribution in [3.63, 3.8) is 0 Å². The molecule has 1 aromatic heterocycles. The minimum absolute atomic E-state index is 0.150. The smallest absolute Gasteiger partial charge is 0.272 e. The Kier molecular flexibility index (Phi) is 3.68. The van der Waals surface area contributed by atoms with E-state index in [0.717, 1.165) is 24.4 Å². The summed E-state index contributed by atoms with van der Waals surface area (Å²) in [4.78, 5) is 32.4. The Morgan fingerprint density at radius 1 is 1.25 bits per heavy atom. The largest absolute Gasteiger partial charge is 0.336 e. The van der Waals surface area contributed by atoms with Gasteiger partial charge in [-0.05, 0) is 36.0 Å². The third kappa shape index (κ3) is 2.53. The molecule has 24 heavy (non-hydrogen) atoms. The van der Waals surface area contributed by atoms with Gasteiger partial charge in [-0.2, -0.15) is 0 Å². The number of carbonyl (C=O) groups is 1. The highest BCUT2D eigenvalue weighted by Gasteiger charge is 2.52. The first-order valence-electron chi connectivity index (χ1n) is 8.16. The number of nitrogens with one attached hydrogen (secondary N) is 1. The summed E-state index contributed by atoms with van der Waals surface area (Å²) in [6, 6.07) is 7.94. The zero-order valence-corrected chi connectivity index (χ0v) is 13.9. The molecule has 1 saturated heterocycles. The van der Waals surface area contributed by atoms with Crippen LogP contribution in [0.3, 0.4) is 0 Å². The molecule has 1 aliphatic heterocycles. The van der Waals surface area contributed by atoms with Crippen molar-refractivity contribution in [1.82, 2.24) is 14.9 Å². The van der Waals surface area contributed by atoms with Crippen LogP contribution >= 0.6 is 11.6 Å². The highest BCUT2D eigenvalue weighted by atomic mass is 35.5. The molecule has 1 amide bonds. The summed E-state index contributed by atoms with van der Waals surface area (Å²) in [5.41, 5.74) is 1.29. The molecule has 1 aliphatic carbocycles. The Morgan fingerprint density at radius 3 is 2.62 bits per heavy atom. The van der Waals surface area contributed by atoms with Gasteiger partial charge in [-0.3, -0.25) is 14.6 Å². The molecule has 2 aliphatic rings. The minimum atomic E-state index is -0.354. The molecule has 5 nitrogen and oxygen atoms in total. The maximum atomic E-state index is 12.8. The van der Waals surface area contributed by atoms with E-state index in [1.807, 2.05) is 17.0 Å². The second kappa shape index (κ2) is 5.74. The van der Waals surface area contributed by atoms with Gasteiger partial charge in [-0.25, -0.2) is 0 Å². The molecule has 1 N–H and O–H groups in total. The van der Waals surface area contributed by atoms with Crippen LogP contribution in [0.1, 0.15) is 41.2 Å². The van der Waals surface area contributed by atoms with Crippen LogP contribution in [0.4, 0.5) is 0 Å². The van der Waals surface area contributed by atoms with E-state index in [1.54, 1.807) is 0 Å². The van der Waals surface area contributed by atoms with E-state index in [-0.39, 0.29) is 22.6 Å². The Hall–Kier alpha value is -2.14. The van der Waals surface area contributed by atoms with Crippen LogP contribution in [0.15, 0.2) is 41.5 Å². The molecular weight excluding hydrogens is 326 g/mol. The van der Waals surface area contributed by atoms with Crippen LogP contribution in [0.25, 0.3) is 0 Å². The molecule has 6 heteroatoms. The molecule has 2 aromatic rings. The number of amides is 1. The normalized spacial score (nSPS) is 21.7. The fourth-order valence-electron chi connectivity index (χ4n) is 4.07. The van der Waals surface area contributed by atoms with E-state index in [1.165, 1.54) is 24.4 Å². The van der Waals surface area contributed by atoms with Crippen molar-refractivity contribution < 1.29 is 4.79 Å². The number of hydrogen-bond acceptors (Lipinski definition) is 3. The van der Waals surface area contributed by atoms with Crippen molar-refractivity contribution in [2.24, 2.45) is 5.41 Å². The van der Waals surface area contributed by atoms with Crippen molar-refractivity contribution in [2.45, 2.75) is 25.2 Å². The number of halogens is 1. The number of benzene rings is 1. The summed E-state index contributed by atoms with van der Waals surface area (Å²) in [7, 11) is 0. The summed E-state index contributed by atoms with van der Waals surface area (Å²) in [5, 5.41) is 0.722. The van der Waals surface area contributed by atoms with Crippen molar-refractivity contribution in [3.8, 4) is 0 Å². The van der Waals surface area contributed by atoms with Gasteiger partial charge in [-0.1, -0.05) is 30.2 Å². The Labute approximate surface area is 144 Å². The van der Waals surface area contributed by atoms with Gasteiger partial charge in [0.1, 0.15) is 5.69 Å². The topological polar surface area (TPSA) is 66.1 Å². The van der Waals surface area contributed by atoms with Crippen LogP contribution in [0.5, 0.6) is 0 Å². The fraction of sp³-hybridized carbons (Fsp3) is 0.389. The number of carbonyl (C=O) groups excluding carboxylic acids is 1. The van der Waals surface area contributed by atoms with Gasteiger partial charge in [0, 0.05) is 24.0 Å². The first-order valence-corrected chi connectivity index (χ1v) is 8.54. The van der Waals surface area contributed by atoms with Crippen LogP contribution in [0.2, 0.25) is 5.02 Å². The van der Waals surface area contributed by atoms with Gasteiger partial charge in [0.2, 0.25) is 0 Å². The van der Waals surface area contributed by atoms with Crippen molar-refractivity contribution in [2.75, 3.05) is 13.1 Å². The fourth-order valence-corrected chi connectivity index (χ4v) is 4.20. The number of rotatable bonds is 2. The van der Waals surface area contributed by atoms with Gasteiger partial charge in [-0.15, -0.1) is 0 Å². The number of likely N-dealkylation sites (tertiary alicyclic amines) is 1. The van der Waals surface area contributed by atoms with Crippen LogP contribution < -0.4 is 5.56 Å². The molecule has 0 bridgehead atoms. The lowest BCUT2D eigenvalue weighted by molar-refractivity contribution is 0.0719. The van der Waals surface area contributed by atoms with E-state index in [4.69, 9.17) is 11.6 Å². The highest BCUT2D eigenvalue weighted by Crippen LogP contribution is 2.55. The SMILES string of the molecule is O=C(c1cncc(=O)[nH]1)N1C[C@@H](c2ccc(Cl)cc2)C2(CCC2)C1. The lowest BCUT2D eigenvalue weighted by atomic mass is 9.61. The van der Waals surface area contributed by atoms with Gasteiger partial charge in [0.05, 0.1) is 12.4 Å². The second-order valence-electron chi connectivity index (χ2n) is 6.82. The number of nitrogens with zero attached hydrogens (tertiary/aromatic N) is 2. The van der Waals surface area contributed by atoms with Crippen LogP contribution in [-0.4, -0.2) is 33.9 Å². The lowest BCUT2D eigenvalue weighted by Crippen LogP contribution is -2.38. The van der Waals surface area contributed by atoms with Crippen molar-refractivity contribution in [3.05, 3.63) is 63.3 Å². The molecule has 0 radical (unpaired) electrons. The molecule has 1 spiro atoms. The minimum Gasteiger partial charge on any atom is -0.336 e.